The molecule has 2 aliphatic heterocycles. The summed E-state index contributed by atoms with van der Waals surface area (Å²) in [5.41, 5.74) is 5.29. The number of primary amides is 1. The first-order valence-corrected chi connectivity index (χ1v) is 11.0. The van der Waals surface area contributed by atoms with Crippen LogP contribution in [0.2, 0.25) is 0 Å². The minimum atomic E-state index is -0.306. The topological polar surface area (TPSA) is 78.7 Å². The van der Waals surface area contributed by atoms with E-state index in [1.165, 1.54) is 32.1 Å². The number of hydrogen-bond acceptors (Lipinski definition) is 4. The molecule has 0 spiro atoms. The van der Waals surface area contributed by atoms with E-state index in [-0.39, 0.29) is 29.8 Å². The fraction of sp³-hybridized carbons (Fsp3) is 0.905. The van der Waals surface area contributed by atoms with Crippen LogP contribution in [0.25, 0.3) is 0 Å². The maximum atomic E-state index is 13.1. The van der Waals surface area contributed by atoms with E-state index in [0.29, 0.717) is 6.54 Å². The standard InChI is InChI=1S/C21H38N4O2/c1-17-7-12-24(13-8-17)16-21(9-3-2-4-10-21)23-20(27)18-6-5-11-25(14-18)15-19(22)26/h17-18H,2-16H2,1H3,(H2,22,26)(H,23,27)/t18-/m0/s1. The van der Waals surface area contributed by atoms with Crippen molar-refractivity contribution in [3.8, 4) is 0 Å². The van der Waals surface area contributed by atoms with Gasteiger partial charge in [-0.25, -0.2) is 0 Å². The summed E-state index contributed by atoms with van der Waals surface area (Å²) in [5.74, 6) is 0.700. The highest BCUT2D eigenvalue weighted by Crippen LogP contribution is 2.31. The Labute approximate surface area is 164 Å². The van der Waals surface area contributed by atoms with Crippen LogP contribution < -0.4 is 11.1 Å². The average molecular weight is 379 g/mol. The molecule has 3 N–H and O–H groups in total. The molecular formula is C21H38N4O2. The zero-order valence-corrected chi connectivity index (χ0v) is 17.0. The molecule has 3 aliphatic rings. The van der Waals surface area contributed by atoms with E-state index < -0.39 is 0 Å². The fourth-order valence-corrected chi connectivity index (χ4v) is 5.20. The highest BCUT2D eigenvalue weighted by atomic mass is 16.2. The Kier molecular flexibility index (Phi) is 7.15. The Morgan fingerprint density at radius 3 is 2.37 bits per heavy atom. The minimum Gasteiger partial charge on any atom is -0.369 e. The number of rotatable bonds is 6. The molecule has 3 rings (SSSR count). The van der Waals surface area contributed by atoms with Crippen molar-refractivity contribution in [2.24, 2.45) is 17.6 Å². The number of amides is 2. The van der Waals surface area contributed by atoms with E-state index in [9.17, 15) is 9.59 Å². The molecule has 0 bridgehead atoms. The number of nitrogens with zero attached hydrogens (tertiary/aromatic N) is 2. The molecule has 2 saturated heterocycles. The minimum absolute atomic E-state index is 0.0155. The molecule has 6 heteroatoms. The van der Waals surface area contributed by atoms with Crippen molar-refractivity contribution < 1.29 is 9.59 Å². The first-order valence-electron chi connectivity index (χ1n) is 11.0. The van der Waals surface area contributed by atoms with Crippen LogP contribution in [-0.2, 0) is 9.59 Å². The molecule has 3 fully saturated rings. The number of nitrogens with two attached hydrogens (primary N) is 1. The van der Waals surface area contributed by atoms with Gasteiger partial charge in [-0.2, -0.15) is 0 Å². The fourth-order valence-electron chi connectivity index (χ4n) is 5.20. The summed E-state index contributed by atoms with van der Waals surface area (Å²) in [7, 11) is 0. The summed E-state index contributed by atoms with van der Waals surface area (Å²) in [5, 5.41) is 3.51. The van der Waals surface area contributed by atoms with Gasteiger partial charge in [-0.05, 0) is 64.1 Å². The Morgan fingerprint density at radius 1 is 1.00 bits per heavy atom. The van der Waals surface area contributed by atoms with Crippen LogP contribution in [0.3, 0.4) is 0 Å². The number of hydrogen-bond donors (Lipinski definition) is 2. The van der Waals surface area contributed by atoms with Crippen LogP contribution in [0, 0.1) is 11.8 Å². The van der Waals surface area contributed by atoms with Crippen molar-refractivity contribution in [1.29, 1.82) is 0 Å². The summed E-state index contributed by atoms with van der Waals surface area (Å²) in [6.45, 7) is 7.46. The van der Waals surface area contributed by atoms with Crippen molar-refractivity contribution in [3.63, 3.8) is 0 Å². The molecule has 6 nitrogen and oxygen atoms in total. The number of carbonyl (C=O) groups is 2. The largest absolute Gasteiger partial charge is 0.369 e. The first kappa shape index (κ1) is 20.6. The lowest BCUT2D eigenvalue weighted by molar-refractivity contribution is -0.130. The molecule has 0 aromatic rings. The molecule has 0 aromatic carbocycles. The highest BCUT2D eigenvalue weighted by molar-refractivity contribution is 5.80. The maximum absolute atomic E-state index is 13.1. The molecule has 1 atom stereocenters. The van der Waals surface area contributed by atoms with Gasteiger partial charge >= 0.3 is 0 Å². The smallest absolute Gasteiger partial charge is 0.231 e. The highest BCUT2D eigenvalue weighted by Gasteiger charge is 2.38. The third kappa shape index (κ3) is 5.92. The van der Waals surface area contributed by atoms with Gasteiger partial charge in [0.05, 0.1) is 18.0 Å². The van der Waals surface area contributed by atoms with Crippen molar-refractivity contribution in [1.82, 2.24) is 15.1 Å². The van der Waals surface area contributed by atoms with Crippen LogP contribution in [0.5, 0.6) is 0 Å². The SMILES string of the molecule is CC1CCN(CC2(NC(=O)[C@H]3CCCN(CC(N)=O)C3)CCCCC2)CC1. The zero-order valence-electron chi connectivity index (χ0n) is 17.0. The summed E-state index contributed by atoms with van der Waals surface area (Å²) in [6, 6.07) is 0. The Bertz CT molecular complexity index is 510. The van der Waals surface area contributed by atoms with Crippen LogP contribution in [-0.4, -0.2) is 66.4 Å². The van der Waals surface area contributed by atoms with E-state index in [4.69, 9.17) is 5.73 Å². The van der Waals surface area contributed by atoms with Crippen LogP contribution >= 0.6 is 0 Å². The van der Waals surface area contributed by atoms with Crippen molar-refractivity contribution in [2.75, 3.05) is 39.3 Å². The molecule has 1 saturated carbocycles. The van der Waals surface area contributed by atoms with Gasteiger partial charge in [0, 0.05) is 13.1 Å². The zero-order chi connectivity index (χ0) is 19.3. The predicted octanol–water partition coefficient (Wildman–Crippen LogP) is 1.73. The van der Waals surface area contributed by atoms with Crippen molar-refractivity contribution >= 4 is 11.8 Å². The summed E-state index contributed by atoms with van der Waals surface area (Å²) in [4.78, 5) is 29.0. The molecule has 0 aromatic heterocycles. The molecule has 27 heavy (non-hydrogen) atoms. The third-order valence-corrected chi connectivity index (χ3v) is 6.86. The normalized spacial score (nSPS) is 28.0. The third-order valence-electron chi connectivity index (χ3n) is 6.86. The van der Waals surface area contributed by atoms with Crippen molar-refractivity contribution in [2.45, 2.75) is 70.3 Å². The second-order valence-electron chi connectivity index (χ2n) is 9.33. The molecule has 2 heterocycles. The van der Waals surface area contributed by atoms with E-state index in [1.807, 2.05) is 4.90 Å². The average Bonchev–Trinajstić information content (AvgIpc) is 2.64. The van der Waals surface area contributed by atoms with Crippen LogP contribution in [0.15, 0.2) is 0 Å². The number of nitrogens with one attached hydrogen (secondary N) is 1. The number of likely N-dealkylation sites (tertiary alicyclic amines) is 2. The van der Waals surface area contributed by atoms with Crippen LogP contribution in [0.4, 0.5) is 0 Å². The lowest BCUT2D eigenvalue weighted by Crippen LogP contribution is -2.59. The van der Waals surface area contributed by atoms with E-state index >= 15 is 0 Å². The molecular weight excluding hydrogens is 340 g/mol. The van der Waals surface area contributed by atoms with Gasteiger partial charge in [0.25, 0.3) is 0 Å². The van der Waals surface area contributed by atoms with Gasteiger partial charge in [-0.3, -0.25) is 14.5 Å². The van der Waals surface area contributed by atoms with Gasteiger partial charge in [-0.1, -0.05) is 26.2 Å². The molecule has 0 radical (unpaired) electrons. The monoisotopic (exact) mass is 378 g/mol. The summed E-state index contributed by atoms with van der Waals surface area (Å²) >= 11 is 0. The maximum Gasteiger partial charge on any atom is 0.231 e. The Morgan fingerprint density at radius 2 is 1.70 bits per heavy atom. The summed E-state index contributed by atoms with van der Waals surface area (Å²) in [6.07, 6.45) is 10.3. The quantitative estimate of drug-likeness (QED) is 0.738. The van der Waals surface area contributed by atoms with Crippen LogP contribution in [0.1, 0.15) is 64.7 Å². The predicted molar refractivity (Wildman–Crippen MR) is 107 cm³/mol. The second kappa shape index (κ2) is 9.37. The first-order chi connectivity index (χ1) is 13.0. The number of carbonyl (C=O) groups excluding carboxylic acids is 2. The van der Waals surface area contributed by atoms with E-state index in [2.05, 4.69) is 17.1 Å². The van der Waals surface area contributed by atoms with Gasteiger partial charge in [0.15, 0.2) is 0 Å². The lowest BCUT2D eigenvalue weighted by Gasteiger charge is -2.44. The lowest BCUT2D eigenvalue weighted by atomic mass is 9.80. The van der Waals surface area contributed by atoms with Gasteiger partial charge in [-0.15, -0.1) is 0 Å². The second-order valence-corrected chi connectivity index (χ2v) is 9.33. The molecule has 2 amide bonds. The van der Waals surface area contributed by atoms with E-state index in [0.717, 1.165) is 57.8 Å². The van der Waals surface area contributed by atoms with E-state index in [1.54, 1.807) is 0 Å². The molecule has 1 aliphatic carbocycles. The number of piperidine rings is 2. The van der Waals surface area contributed by atoms with Gasteiger partial charge in [0.2, 0.25) is 11.8 Å². The molecule has 154 valence electrons. The molecule has 0 unspecified atom stereocenters. The van der Waals surface area contributed by atoms with Gasteiger partial charge in [0.1, 0.15) is 0 Å². The summed E-state index contributed by atoms with van der Waals surface area (Å²) < 4.78 is 0. The Hall–Kier alpha value is -1.14. The Balaban J connectivity index is 1.59. The van der Waals surface area contributed by atoms with Gasteiger partial charge < -0.3 is 16.0 Å². The van der Waals surface area contributed by atoms with Crippen molar-refractivity contribution in [3.05, 3.63) is 0 Å².